The Morgan fingerprint density at radius 1 is 1.00 bits per heavy atom. The number of likely N-dealkylation sites (tertiary alicyclic amines) is 1. The van der Waals surface area contributed by atoms with Crippen molar-refractivity contribution in [2.75, 3.05) is 27.5 Å². The molecule has 2 amide bonds. The van der Waals surface area contributed by atoms with Gasteiger partial charge in [0.25, 0.3) is 5.91 Å². The summed E-state index contributed by atoms with van der Waals surface area (Å²) in [7, 11) is 3.48. The predicted molar refractivity (Wildman–Crippen MR) is 229 cm³/mol. The molecule has 0 aliphatic carbocycles. The van der Waals surface area contributed by atoms with Crippen molar-refractivity contribution >= 4 is 34.9 Å². The van der Waals surface area contributed by atoms with E-state index in [0.29, 0.717) is 23.5 Å². The molecule has 3 unspecified atom stereocenters. The lowest BCUT2D eigenvalue weighted by atomic mass is 9.82. The third-order valence-electron chi connectivity index (χ3n) is 11.9. The van der Waals surface area contributed by atoms with Crippen LogP contribution in [0.25, 0.3) is 0 Å². The SMILES string of the molecule is CCC(C)C(CC(=O)C1CCCCN1C)C(=O)N(Cc1ccccc1)[C@H](C[C@@H](OCOC)c1nc(C(=O)N[C@@H](Cc2ccc(C(F)(F)F)cc2)C[C@H](C)C(=O)O)cs1)C(C)C. The number of halogens is 3. The number of aromatic nitrogens is 1. The van der Waals surface area contributed by atoms with Crippen LogP contribution >= 0.6 is 11.3 Å². The topological polar surface area (TPSA) is 138 Å². The van der Waals surface area contributed by atoms with Gasteiger partial charge in [-0.15, -0.1) is 11.3 Å². The van der Waals surface area contributed by atoms with Crippen LogP contribution in [0.5, 0.6) is 0 Å². The Hall–Kier alpha value is -4.18. The van der Waals surface area contributed by atoms with Gasteiger partial charge in [0.1, 0.15) is 23.6 Å². The number of Topliss-reactive ketones (excluding diaryl/α,β-unsaturated/α-hetero) is 1. The standard InChI is InChI=1S/C46H63F3N4O7S/c1-8-30(4)36(24-40(54)38-16-12-13-21-52(38)6)44(56)53(26-33-14-10-9-11-15-33)39(29(2)3)25-41(60-28-59-7)43-51-37(27-61-43)42(55)50-35(22-31(5)45(57)58)23-32-17-19-34(20-18-32)46(47,48)49/h9-11,14-15,17-20,27,29-31,35-36,38-39,41H,8,12-13,16,21-26,28H2,1-7H3,(H,50,55)(H,57,58)/t30?,31-,35+,36?,38?,39+,41+/m0/s1. The Labute approximate surface area is 362 Å². The van der Waals surface area contributed by atoms with Gasteiger partial charge in [0, 0.05) is 49.9 Å². The number of amides is 2. The number of rotatable bonds is 23. The summed E-state index contributed by atoms with van der Waals surface area (Å²) in [6.45, 7) is 10.7. The fourth-order valence-electron chi connectivity index (χ4n) is 8.01. The molecule has 15 heteroatoms. The fourth-order valence-corrected chi connectivity index (χ4v) is 8.87. The zero-order chi connectivity index (χ0) is 44.9. The first kappa shape index (κ1) is 49.5. The van der Waals surface area contributed by atoms with Gasteiger partial charge < -0.3 is 24.8 Å². The number of aliphatic carboxylic acids is 1. The first-order chi connectivity index (χ1) is 28.9. The molecular weight excluding hydrogens is 810 g/mol. The van der Waals surface area contributed by atoms with E-state index in [1.807, 2.05) is 70.0 Å². The number of nitrogens with zero attached hydrogens (tertiary/aromatic N) is 3. The van der Waals surface area contributed by atoms with E-state index in [1.165, 1.54) is 37.5 Å². The van der Waals surface area contributed by atoms with Crippen LogP contribution in [0.4, 0.5) is 13.2 Å². The van der Waals surface area contributed by atoms with E-state index < -0.39 is 47.6 Å². The van der Waals surface area contributed by atoms with Gasteiger partial charge in [-0.25, -0.2) is 4.98 Å². The van der Waals surface area contributed by atoms with Gasteiger partial charge in [-0.3, -0.25) is 24.1 Å². The quantitative estimate of drug-likeness (QED) is 0.0896. The summed E-state index contributed by atoms with van der Waals surface area (Å²) < 4.78 is 51.2. The fraction of sp³-hybridized carbons (Fsp3) is 0.587. The smallest absolute Gasteiger partial charge is 0.416 e. The van der Waals surface area contributed by atoms with E-state index in [1.54, 1.807) is 5.38 Å². The zero-order valence-electron chi connectivity index (χ0n) is 36.5. The molecule has 61 heavy (non-hydrogen) atoms. The summed E-state index contributed by atoms with van der Waals surface area (Å²) in [5, 5.41) is 14.5. The van der Waals surface area contributed by atoms with E-state index >= 15 is 4.79 Å². The van der Waals surface area contributed by atoms with Crippen molar-refractivity contribution in [2.45, 2.75) is 123 Å². The van der Waals surface area contributed by atoms with Gasteiger partial charge in [-0.1, -0.05) is 89.9 Å². The Bertz CT molecular complexity index is 1860. The number of nitrogens with one attached hydrogen (secondary N) is 1. The minimum atomic E-state index is -4.51. The maximum Gasteiger partial charge on any atom is 0.416 e. The third-order valence-corrected chi connectivity index (χ3v) is 12.8. The lowest BCUT2D eigenvalue weighted by molar-refractivity contribution is -0.146. The minimum absolute atomic E-state index is 0.0284. The second-order valence-electron chi connectivity index (χ2n) is 16.8. The third kappa shape index (κ3) is 14.4. The molecule has 1 saturated heterocycles. The van der Waals surface area contributed by atoms with Crippen molar-refractivity contribution in [3.8, 4) is 0 Å². The van der Waals surface area contributed by atoms with Crippen LogP contribution in [0, 0.1) is 23.7 Å². The molecule has 2 aromatic carbocycles. The maximum absolute atomic E-state index is 15.1. The molecule has 0 bridgehead atoms. The van der Waals surface area contributed by atoms with Gasteiger partial charge in [0.05, 0.1) is 17.5 Å². The summed E-state index contributed by atoms with van der Waals surface area (Å²) in [4.78, 5) is 63.2. The molecule has 7 atom stereocenters. The number of benzene rings is 2. The van der Waals surface area contributed by atoms with E-state index in [0.717, 1.165) is 49.9 Å². The molecule has 0 saturated carbocycles. The normalized spacial score (nSPS) is 17.9. The van der Waals surface area contributed by atoms with Crippen molar-refractivity contribution in [3.05, 3.63) is 87.4 Å². The number of thiazole rings is 1. The average molecular weight is 873 g/mol. The van der Waals surface area contributed by atoms with Gasteiger partial charge in [0.2, 0.25) is 5.91 Å². The van der Waals surface area contributed by atoms with E-state index in [-0.39, 0.29) is 67.4 Å². The van der Waals surface area contributed by atoms with Crippen molar-refractivity contribution in [1.29, 1.82) is 0 Å². The summed E-state index contributed by atoms with van der Waals surface area (Å²) in [5.41, 5.74) is 0.691. The summed E-state index contributed by atoms with van der Waals surface area (Å²) in [6, 6.07) is 13.0. The molecule has 3 aromatic rings. The minimum Gasteiger partial charge on any atom is -0.481 e. The van der Waals surface area contributed by atoms with Crippen LogP contribution < -0.4 is 5.32 Å². The average Bonchev–Trinajstić information content (AvgIpc) is 3.72. The molecule has 1 aliphatic rings. The second kappa shape index (κ2) is 23.3. The highest BCUT2D eigenvalue weighted by atomic mass is 32.1. The Balaban J connectivity index is 1.63. The first-order valence-corrected chi connectivity index (χ1v) is 22.1. The van der Waals surface area contributed by atoms with Crippen LogP contribution in [0.1, 0.15) is 118 Å². The van der Waals surface area contributed by atoms with Gasteiger partial charge in [-0.05, 0) is 74.4 Å². The Morgan fingerprint density at radius 2 is 1.69 bits per heavy atom. The number of ketones is 1. The number of carbonyl (C=O) groups excluding carboxylic acids is 3. The predicted octanol–water partition coefficient (Wildman–Crippen LogP) is 8.82. The molecule has 11 nitrogen and oxygen atoms in total. The Morgan fingerprint density at radius 3 is 2.28 bits per heavy atom. The van der Waals surface area contributed by atoms with Crippen LogP contribution in [0.2, 0.25) is 0 Å². The number of hydrogen-bond donors (Lipinski definition) is 2. The van der Waals surface area contributed by atoms with Gasteiger partial charge >= 0.3 is 12.1 Å². The molecule has 0 radical (unpaired) electrons. The number of piperidine rings is 1. The number of likely N-dealkylation sites (N-methyl/N-ethyl adjacent to an activating group) is 1. The number of alkyl halides is 3. The van der Waals surface area contributed by atoms with E-state index in [9.17, 15) is 32.7 Å². The molecule has 2 N–H and O–H groups in total. The number of hydrogen-bond acceptors (Lipinski definition) is 9. The van der Waals surface area contributed by atoms with Gasteiger partial charge in [-0.2, -0.15) is 13.2 Å². The largest absolute Gasteiger partial charge is 0.481 e. The summed E-state index contributed by atoms with van der Waals surface area (Å²) >= 11 is 1.20. The molecule has 4 rings (SSSR count). The highest BCUT2D eigenvalue weighted by Crippen LogP contribution is 2.35. The van der Waals surface area contributed by atoms with Crippen LogP contribution in [0.3, 0.4) is 0 Å². The van der Waals surface area contributed by atoms with Crippen molar-refractivity contribution in [3.63, 3.8) is 0 Å². The highest BCUT2D eigenvalue weighted by Gasteiger charge is 2.39. The van der Waals surface area contributed by atoms with Crippen LogP contribution in [-0.4, -0.2) is 89.1 Å². The number of ether oxygens (including phenoxy) is 2. The molecule has 1 aromatic heterocycles. The molecule has 1 fully saturated rings. The highest BCUT2D eigenvalue weighted by molar-refractivity contribution is 7.09. The summed E-state index contributed by atoms with van der Waals surface area (Å²) in [6.07, 6.45) is -1.11. The number of carboxylic acids is 1. The molecule has 1 aliphatic heterocycles. The summed E-state index contributed by atoms with van der Waals surface area (Å²) in [5.74, 6) is -3.15. The number of methoxy groups -OCH3 is 1. The van der Waals surface area contributed by atoms with Crippen LogP contribution in [0.15, 0.2) is 60.0 Å². The molecule has 2 heterocycles. The van der Waals surface area contributed by atoms with Crippen molar-refractivity contribution in [1.82, 2.24) is 20.1 Å². The van der Waals surface area contributed by atoms with Crippen molar-refractivity contribution < 1.29 is 46.9 Å². The first-order valence-electron chi connectivity index (χ1n) is 21.3. The van der Waals surface area contributed by atoms with Crippen LogP contribution in [-0.2, 0) is 43.0 Å². The monoisotopic (exact) mass is 872 g/mol. The van der Waals surface area contributed by atoms with Gasteiger partial charge in [0.15, 0.2) is 5.78 Å². The molecule has 336 valence electrons. The maximum atomic E-state index is 15.1. The molecule has 0 spiro atoms. The van der Waals surface area contributed by atoms with Crippen molar-refractivity contribution in [2.24, 2.45) is 23.7 Å². The lowest BCUT2D eigenvalue weighted by Crippen LogP contribution is -2.49. The molecular formula is C46H63F3N4O7S. The Kier molecular flexibility index (Phi) is 18.9. The second-order valence-corrected chi connectivity index (χ2v) is 17.7. The lowest BCUT2D eigenvalue weighted by Gasteiger charge is -2.40. The zero-order valence-corrected chi connectivity index (χ0v) is 37.3. The van der Waals surface area contributed by atoms with E-state index in [4.69, 9.17) is 9.47 Å². The number of carbonyl (C=O) groups is 4. The number of carboxylic acid groups (broad SMARTS) is 1. The van der Waals surface area contributed by atoms with E-state index in [2.05, 4.69) is 15.2 Å².